The molecule has 0 atom stereocenters. The number of nitrogen functional groups attached to an aromatic ring is 1. The number of nitrogens with zero attached hydrogens (tertiary/aromatic N) is 2. The number of nitrogens with two attached hydrogens (primary N) is 1. The lowest BCUT2D eigenvalue weighted by molar-refractivity contribution is 1.21. The molecular weight excluding hydrogens is 280 g/mol. The Morgan fingerprint density at radius 2 is 2.00 bits per heavy atom. The van der Waals surface area contributed by atoms with Gasteiger partial charge in [0, 0.05) is 21.7 Å². The van der Waals surface area contributed by atoms with Crippen LogP contribution in [0.3, 0.4) is 0 Å². The average molecular weight is 296 g/mol. The molecule has 0 spiro atoms. The molecule has 0 saturated carbocycles. The van der Waals surface area contributed by atoms with Crippen LogP contribution in [0.2, 0.25) is 0 Å². The van der Waals surface area contributed by atoms with Gasteiger partial charge in [-0.05, 0) is 43.0 Å². The second-order valence-corrected chi connectivity index (χ2v) is 5.68. The van der Waals surface area contributed by atoms with Gasteiger partial charge in [-0.3, -0.25) is 0 Å². The van der Waals surface area contributed by atoms with E-state index in [0.717, 1.165) is 33.0 Å². The molecule has 2 aromatic carbocycles. The first-order chi connectivity index (χ1) is 10.2. The fraction of sp³-hybridized carbons (Fsp3) is 0.125. The molecule has 4 nitrogen and oxygen atoms in total. The van der Waals surface area contributed by atoms with Crippen LogP contribution in [0.1, 0.15) is 5.56 Å². The van der Waals surface area contributed by atoms with Crippen molar-refractivity contribution in [3.8, 4) is 0 Å². The largest absolute Gasteiger partial charge is 0.398 e. The van der Waals surface area contributed by atoms with Gasteiger partial charge in [-0.2, -0.15) is 0 Å². The minimum Gasteiger partial charge on any atom is -0.398 e. The Morgan fingerprint density at radius 1 is 1.14 bits per heavy atom. The molecule has 0 unspecified atom stereocenters. The van der Waals surface area contributed by atoms with Gasteiger partial charge < -0.3 is 11.1 Å². The highest BCUT2D eigenvalue weighted by atomic mass is 32.2. The van der Waals surface area contributed by atoms with Gasteiger partial charge in [0.25, 0.3) is 0 Å². The summed E-state index contributed by atoms with van der Waals surface area (Å²) >= 11 is 1.62. The van der Waals surface area contributed by atoms with Gasteiger partial charge in [-0.15, -0.1) is 11.8 Å². The highest BCUT2D eigenvalue weighted by Gasteiger charge is 2.08. The van der Waals surface area contributed by atoms with E-state index in [-0.39, 0.29) is 0 Å². The molecule has 0 bridgehead atoms. The first-order valence-corrected chi connectivity index (χ1v) is 7.82. The Bertz CT molecular complexity index is 801. The van der Waals surface area contributed by atoms with Crippen LogP contribution in [0.25, 0.3) is 10.9 Å². The van der Waals surface area contributed by atoms with E-state index in [2.05, 4.69) is 34.3 Å². The van der Waals surface area contributed by atoms with Gasteiger partial charge in [0.15, 0.2) is 0 Å². The molecule has 3 rings (SSSR count). The second-order valence-electron chi connectivity index (χ2n) is 4.83. The molecule has 106 valence electrons. The number of aryl methyl sites for hydroxylation is 1. The number of hydrogen-bond donors (Lipinski definition) is 2. The zero-order valence-electron chi connectivity index (χ0n) is 11.9. The quantitative estimate of drug-likeness (QED) is 0.565. The first-order valence-electron chi connectivity index (χ1n) is 6.59. The molecule has 1 heterocycles. The summed E-state index contributed by atoms with van der Waals surface area (Å²) < 4.78 is 0. The second kappa shape index (κ2) is 5.61. The van der Waals surface area contributed by atoms with Gasteiger partial charge in [0.05, 0.1) is 5.52 Å². The van der Waals surface area contributed by atoms with Crippen molar-refractivity contribution in [1.82, 2.24) is 9.97 Å². The highest BCUT2D eigenvalue weighted by molar-refractivity contribution is 7.98. The zero-order chi connectivity index (χ0) is 14.8. The molecule has 0 aliphatic heterocycles. The Kier molecular flexibility index (Phi) is 3.66. The van der Waals surface area contributed by atoms with Gasteiger partial charge >= 0.3 is 0 Å². The molecule has 0 radical (unpaired) electrons. The number of nitrogens with one attached hydrogen (secondary N) is 1. The molecule has 0 aliphatic rings. The molecule has 5 heteroatoms. The summed E-state index contributed by atoms with van der Waals surface area (Å²) in [6.45, 7) is 2.06. The summed E-state index contributed by atoms with van der Waals surface area (Å²) in [4.78, 5) is 9.70. The van der Waals surface area contributed by atoms with Gasteiger partial charge in [0.1, 0.15) is 12.1 Å². The van der Waals surface area contributed by atoms with Crippen molar-refractivity contribution in [3.05, 3.63) is 48.3 Å². The van der Waals surface area contributed by atoms with Crippen molar-refractivity contribution >= 4 is 39.9 Å². The summed E-state index contributed by atoms with van der Waals surface area (Å²) in [5, 5.41) is 4.26. The zero-order valence-corrected chi connectivity index (χ0v) is 12.7. The first kappa shape index (κ1) is 13.7. The maximum absolute atomic E-state index is 6.08. The maximum Gasteiger partial charge on any atom is 0.141 e. The molecule has 0 aliphatic carbocycles. The number of fused-ring (bicyclic) bond motifs is 1. The smallest absolute Gasteiger partial charge is 0.141 e. The number of aromatic nitrogens is 2. The molecule has 0 fully saturated rings. The monoisotopic (exact) mass is 296 g/mol. The topological polar surface area (TPSA) is 63.8 Å². The van der Waals surface area contributed by atoms with Crippen LogP contribution in [0.15, 0.2) is 47.6 Å². The third-order valence-electron chi connectivity index (χ3n) is 3.27. The minimum atomic E-state index is 0.747. The van der Waals surface area contributed by atoms with Crippen molar-refractivity contribution in [2.24, 2.45) is 0 Å². The van der Waals surface area contributed by atoms with Crippen LogP contribution in [-0.2, 0) is 0 Å². The van der Waals surface area contributed by atoms with E-state index >= 15 is 0 Å². The third kappa shape index (κ3) is 2.78. The number of anilines is 3. The van der Waals surface area contributed by atoms with E-state index in [1.54, 1.807) is 18.1 Å². The summed E-state index contributed by atoms with van der Waals surface area (Å²) in [6.07, 6.45) is 3.57. The standard InChI is InChI=1S/C16H16N4S/c1-10-4-3-5-11(6-10)20-16-12-7-13(17)15(21-2)8-14(12)18-9-19-16/h3-9H,17H2,1-2H3,(H,18,19,20). The van der Waals surface area contributed by atoms with E-state index < -0.39 is 0 Å². The normalized spacial score (nSPS) is 10.8. The molecule has 0 saturated heterocycles. The van der Waals surface area contributed by atoms with E-state index in [0.29, 0.717) is 0 Å². The summed E-state index contributed by atoms with van der Waals surface area (Å²) in [5.41, 5.74) is 9.91. The Labute approximate surface area is 127 Å². The van der Waals surface area contributed by atoms with Crippen LogP contribution in [0, 0.1) is 6.92 Å². The average Bonchev–Trinajstić information content (AvgIpc) is 2.47. The van der Waals surface area contributed by atoms with Gasteiger partial charge in [0.2, 0.25) is 0 Å². The lowest BCUT2D eigenvalue weighted by Gasteiger charge is -2.11. The summed E-state index contributed by atoms with van der Waals surface area (Å²) in [6, 6.07) is 12.1. The Morgan fingerprint density at radius 3 is 2.76 bits per heavy atom. The van der Waals surface area contributed by atoms with E-state index in [1.165, 1.54) is 5.56 Å². The van der Waals surface area contributed by atoms with Crippen molar-refractivity contribution in [2.45, 2.75) is 11.8 Å². The fourth-order valence-electron chi connectivity index (χ4n) is 2.24. The maximum atomic E-state index is 6.08. The van der Waals surface area contributed by atoms with E-state index in [9.17, 15) is 0 Å². The summed E-state index contributed by atoms with van der Waals surface area (Å²) in [5.74, 6) is 0.768. The van der Waals surface area contributed by atoms with E-state index in [4.69, 9.17) is 5.73 Å². The van der Waals surface area contributed by atoms with Gasteiger partial charge in [-0.1, -0.05) is 12.1 Å². The minimum absolute atomic E-state index is 0.747. The lowest BCUT2D eigenvalue weighted by atomic mass is 10.2. The van der Waals surface area contributed by atoms with E-state index in [1.807, 2.05) is 30.5 Å². The van der Waals surface area contributed by atoms with Crippen LogP contribution in [-0.4, -0.2) is 16.2 Å². The van der Waals surface area contributed by atoms with Crippen LogP contribution < -0.4 is 11.1 Å². The molecule has 1 aromatic heterocycles. The predicted octanol–water partition coefficient (Wildman–Crippen LogP) is 3.99. The van der Waals surface area contributed by atoms with Crippen molar-refractivity contribution in [1.29, 1.82) is 0 Å². The number of thioether (sulfide) groups is 1. The van der Waals surface area contributed by atoms with Gasteiger partial charge in [-0.25, -0.2) is 9.97 Å². The Hall–Kier alpha value is -2.27. The van der Waals surface area contributed by atoms with Crippen molar-refractivity contribution in [3.63, 3.8) is 0 Å². The molecule has 0 amide bonds. The molecule has 3 aromatic rings. The third-order valence-corrected chi connectivity index (χ3v) is 4.06. The molecule has 3 N–H and O–H groups in total. The SMILES string of the molecule is CSc1cc2ncnc(Nc3cccc(C)c3)c2cc1N. The number of benzene rings is 2. The summed E-state index contributed by atoms with van der Waals surface area (Å²) in [7, 11) is 0. The molecule has 21 heavy (non-hydrogen) atoms. The van der Waals surface area contributed by atoms with Crippen molar-refractivity contribution < 1.29 is 0 Å². The fourth-order valence-corrected chi connectivity index (χ4v) is 2.76. The molecular formula is C16H16N4S. The Balaban J connectivity index is 2.08. The highest BCUT2D eigenvalue weighted by Crippen LogP contribution is 2.31. The number of rotatable bonds is 3. The number of hydrogen-bond acceptors (Lipinski definition) is 5. The predicted molar refractivity (Wildman–Crippen MR) is 90.2 cm³/mol. The van der Waals surface area contributed by atoms with Crippen molar-refractivity contribution in [2.75, 3.05) is 17.3 Å². The van der Waals surface area contributed by atoms with Crippen LogP contribution >= 0.6 is 11.8 Å². The van der Waals surface area contributed by atoms with Crippen LogP contribution in [0.5, 0.6) is 0 Å². The van der Waals surface area contributed by atoms with Crippen LogP contribution in [0.4, 0.5) is 17.2 Å². The lowest BCUT2D eigenvalue weighted by Crippen LogP contribution is -1.98.